The standard InChI is InChI=1S/C32H27F2N5O3S/c1-41-28-16-9-22(17-29(28)42-2)19-37(25-14-12-24(34)13-15-25)30(40)20-43-32-36-35-31-38(18-21-7-10-23(33)11-8-21)26-5-3-4-6-27(26)39(31)32/h3-17H,18-20H2,1-2H3. The molecule has 11 heteroatoms. The molecule has 0 saturated carbocycles. The highest BCUT2D eigenvalue weighted by atomic mass is 32.2. The van der Waals surface area contributed by atoms with E-state index in [0.29, 0.717) is 34.7 Å². The number of hydrogen-bond acceptors (Lipinski definition) is 6. The predicted octanol–water partition coefficient (Wildman–Crippen LogP) is 6.35. The van der Waals surface area contributed by atoms with Gasteiger partial charge in [-0.3, -0.25) is 9.20 Å². The van der Waals surface area contributed by atoms with Gasteiger partial charge in [0.25, 0.3) is 0 Å². The lowest BCUT2D eigenvalue weighted by molar-refractivity contribution is -0.116. The summed E-state index contributed by atoms with van der Waals surface area (Å²) in [5, 5.41) is 9.42. The summed E-state index contributed by atoms with van der Waals surface area (Å²) in [5.41, 5.74) is 4.12. The van der Waals surface area contributed by atoms with Gasteiger partial charge in [0.15, 0.2) is 16.7 Å². The van der Waals surface area contributed by atoms with Crippen molar-refractivity contribution in [3.05, 3.63) is 114 Å². The van der Waals surface area contributed by atoms with Gasteiger partial charge in [0.1, 0.15) is 11.6 Å². The van der Waals surface area contributed by atoms with Gasteiger partial charge < -0.3 is 18.9 Å². The Morgan fingerprint density at radius 3 is 2.16 bits per heavy atom. The lowest BCUT2D eigenvalue weighted by atomic mass is 10.1. The highest BCUT2D eigenvalue weighted by Gasteiger charge is 2.22. The molecule has 2 heterocycles. The van der Waals surface area contributed by atoms with Gasteiger partial charge in [0.05, 0.1) is 44.1 Å². The maximum absolute atomic E-state index is 13.8. The first-order valence-electron chi connectivity index (χ1n) is 13.4. The van der Waals surface area contributed by atoms with E-state index in [1.165, 1.54) is 36.0 Å². The zero-order valence-electron chi connectivity index (χ0n) is 23.4. The summed E-state index contributed by atoms with van der Waals surface area (Å²) >= 11 is 1.27. The highest BCUT2D eigenvalue weighted by Crippen LogP contribution is 2.30. The van der Waals surface area contributed by atoms with Crippen LogP contribution in [0.15, 0.2) is 96.2 Å². The van der Waals surface area contributed by atoms with Crippen molar-refractivity contribution in [2.24, 2.45) is 0 Å². The van der Waals surface area contributed by atoms with Crippen LogP contribution in [-0.4, -0.2) is 45.0 Å². The van der Waals surface area contributed by atoms with Crippen LogP contribution in [-0.2, 0) is 17.9 Å². The fraction of sp³-hybridized carbons (Fsp3) is 0.156. The fourth-order valence-electron chi connectivity index (χ4n) is 4.97. The Hall–Kier alpha value is -4.90. The van der Waals surface area contributed by atoms with Crippen molar-refractivity contribution in [1.82, 2.24) is 19.2 Å². The molecule has 0 fully saturated rings. The normalized spacial score (nSPS) is 11.3. The first-order valence-corrected chi connectivity index (χ1v) is 14.4. The molecule has 43 heavy (non-hydrogen) atoms. The molecular weight excluding hydrogens is 572 g/mol. The summed E-state index contributed by atoms with van der Waals surface area (Å²) in [6, 6.07) is 25.5. The van der Waals surface area contributed by atoms with Crippen molar-refractivity contribution < 1.29 is 23.0 Å². The number of rotatable bonds is 10. The van der Waals surface area contributed by atoms with Crippen LogP contribution in [0.5, 0.6) is 11.5 Å². The first-order chi connectivity index (χ1) is 20.9. The molecular formula is C32H27F2N5O3S. The maximum atomic E-state index is 13.8. The van der Waals surface area contributed by atoms with E-state index in [9.17, 15) is 13.6 Å². The zero-order chi connectivity index (χ0) is 29.9. The minimum atomic E-state index is -0.389. The van der Waals surface area contributed by atoms with Gasteiger partial charge in [-0.2, -0.15) is 0 Å². The number of ether oxygens (including phenoxy) is 2. The number of nitrogens with zero attached hydrogens (tertiary/aromatic N) is 5. The highest BCUT2D eigenvalue weighted by molar-refractivity contribution is 7.99. The van der Waals surface area contributed by atoms with Crippen molar-refractivity contribution >= 4 is 40.2 Å². The van der Waals surface area contributed by atoms with Crippen LogP contribution < -0.4 is 14.4 Å². The first kappa shape index (κ1) is 28.2. The third-order valence-electron chi connectivity index (χ3n) is 7.08. The SMILES string of the molecule is COc1ccc(CN(C(=O)CSc2nnc3n(Cc4ccc(F)cc4)c4ccccc4n23)c2ccc(F)cc2)cc1OC. The van der Waals surface area contributed by atoms with Gasteiger partial charge in [-0.25, -0.2) is 8.78 Å². The van der Waals surface area contributed by atoms with Crippen LogP contribution in [0.1, 0.15) is 11.1 Å². The number of aromatic nitrogens is 4. The minimum Gasteiger partial charge on any atom is -0.493 e. The molecule has 0 aliphatic heterocycles. The summed E-state index contributed by atoms with van der Waals surface area (Å²) < 4.78 is 42.0. The van der Waals surface area contributed by atoms with Gasteiger partial charge in [-0.05, 0) is 71.8 Å². The summed E-state index contributed by atoms with van der Waals surface area (Å²) in [5.74, 6) is 0.916. The third-order valence-corrected chi connectivity index (χ3v) is 7.99. The second kappa shape index (κ2) is 12.1. The molecule has 0 saturated heterocycles. The number of thioether (sulfide) groups is 1. The molecule has 6 rings (SSSR count). The van der Waals surface area contributed by atoms with E-state index in [1.54, 1.807) is 49.5 Å². The molecule has 8 nitrogen and oxygen atoms in total. The van der Waals surface area contributed by atoms with E-state index >= 15 is 0 Å². The van der Waals surface area contributed by atoms with Crippen LogP contribution in [0.4, 0.5) is 14.5 Å². The number of carbonyl (C=O) groups excluding carboxylic acids is 1. The number of hydrogen-bond donors (Lipinski definition) is 0. The van der Waals surface area contributed by atoms with Crippen LogP contribution in [0.25, 0.3) is 16.8 Å². The number of benzene rings is 4. The number of amides is 1. The molecule has 2 aromatic heterocycles. The van der Waals surface area contributed by atoms with E-state index in [4.69, 9.17) is 9.47 Å². The van der Waals surface area contributed by atoms with Gasteiger partial charge in [-0.15, -0.1) is 10.2 Å². The van der Waals surface area contributed by atoms with E-state index in [0.717, 1.165) is 22.2 Å². The number of imidazole rings is 1. The molecule has 6 aromatic rings. The number of para-hydroxylation sites is 2. The lowest BCUT2D eigenvalue weighted by Gasteiger charge is -2.23. The Bertz CT molecular complexity index is 1910. The monoisotopic (exact) mass is 599 g/mol. The van der Waals surface area contributed by atoms with Gasteiger partial charge in [0.2, 0.25) is 11.7 Å². The van der Waals surface area contributed by atoms with Crippen molar-refractivity contribution in [3.8, 4) is 11.5 Å². The largest absolute Gasteiger partial charge is 0.493 e. The van der Waals surface area contributed by atoms with Crippen LogP contribution in [0.2, 0.25) is 0 Å². The molecule has 0 N–H and O–H groups in total. The van der Waals surface area contributed by atoms with Crippen LogP contribution >= 0.6 is 11.8 Å². The number of methoxy groups -OCH3 is 2. The molecule has 0 spiro atoms. The van der Waals surface area contributed by atoms with Crippen molar-refractivity contribution in [2.75, 3.05) is 24.9 Å². The molecule has 0 atom stereocenters. The topological polar surface area (TPSA) is 73.9 Å². The van der Waals surface area contributed by atoms with E-state index in [1.807, 2.05) is 45.4 Å². The Morgan fingerprint density at radius 1 is 0.814 bits per heavy atom. The third kappa shape index (κ3) is 5.76. The molecule has 0 radical (unpaired) electrons. The lowest BCUT2D eigenvalue weighted by Crippen LogP contribution is -2.32. The Morgan fingerprint density at radius 2 is 1.47 bits per heavy atom. The molecule has 4 aromatic carbocycles. The minimum absolute atomic E-state index is 0.0585. The molecule has 0 aliphatic rings. The van der Waals surface area contributed by atoms with Crippen LogP contribution in [0, 0.1) is 11.6 Å². The second-order valence-corrected chi connectivity index (χ2v) is 10.7. The van der Waals surface area contributed by atoms with E-state index in [2.05, 4.69) is 10.2 Å². The summed E-state index contributed by atoms with van der Waals surface area (Å²) in [6.45, 7) is 0.709. The second-order valence-electron chi connectivity index (χ2n) is 9.75. The van der Waals surface area contributed by atoms with Crippen LogP contribution in [0.3, 0.4) is 0 Å². The number of carbonyl (C=O) groups is 1. The number of halogens is 2. The van der Waals surface area contributed by atoms with Gasteiger partial charge in [0, 0.05) is 5.69 Å². The van der Waals surface area contributed by atoms with Gasteiger partial charge >= 0.3 is 0 Å². The molecule has 0 aliphatic carbocycles. The van der Waals surface area contributed by atoms with E-state index in [-0.39, 0.29) is 29.8 Å². The molecule has 1 amide bonds. The summed E-state index contributed by atoms with van der Waals surface area (Å²) in [7, 11) is 3.11. The van der Waals surface area contributed by atoms with Crippen molar-refractivity contribution in [3.63, 3.8) is 0 Å². The zero-order valence-corrected chi connectivity index (χ0v) is 24.2. The number of fused-ring (bicyclic) bond motifs is 3. The Labute approximate surface area is 250 Å². The average molecular weight is 600 g/mol. The average Bonchev–Trinajstić information content (AvgIpc) is 3.59. The Kier molecular flexibility index (Phi) is 7.97. The van der Waals surface area contributed by atoms with Gasteiger partial charge in [-0.1, -0.05) is 42.1 Å². The quantitative estimate of drug-likeness (QED) is 0.171. The Balaban J connectivity index is 1.29. The predicted molar refractivity (Wildman–Crippen MR) is 162 cm³/mol. The number of anilines is 1. The molecule has 0 unspecified atom stereocenters. The van der Waals surface area contributed by atoms with E-state index < -0.39 is 0 Å². The smallest absolute Gasteiger partial charge is 0.237 e. The molecule has 0 bridgehead atoms. The summed E-state index contributed by atoms with van der Waals surface area (Å²) in [6.07, 6.45) is 0. The molecule has 218 valence electrons. The summed E-state index contributed by atoms with van der Waals surface area (Å²) in [4.78, 5) is 15.3. The maximum Gasteiger partial charge on any atom is 0.237 e. The fourth-order valence-corrected chi connectivity index (χ4v) is 5.79. The van der Waals surface area contributed by atoms with Crippen molar-refractivity contribution in [1.29, 1.82) is 0 Å². The van der Waals surface area contributed by atoms with Crippen molar-refractivity contribution in [2.45, 2.75) is 18.2 Å².